The van der Waals surface area contributed by atoms with E-state index in [0.29, 0.717) is 12.0 Å². The van der Waals surface area contributed by atoms with Gasteiger partial charge in [0.25, 0.3) is 5.56 Å². The number of piperidine rings is 1. The van der Waals surface area contributed by atoms with E-state index in [-0.39, 0.29) is 11.1 Å². The summed E-state index contributed by atoms with van der Waals surface area (Å²) in [7, 11) is 1.73. The summed E-state index contributed by atoms with van der Waals surface area (Å²) >= 11 is 1.51. The summed E-state index contributed by atoms with van der Waals surface area (Å²) in [5, 5.41) is 10.7. The van der Waals surface area contributed by atoms with Crippen molar-refractivity contribution in [3.8, 4) is 6.07 Å². The summed E-state index contributed by atoms with van der Waals surface area (Å²) in [6.07, 6.45) is 3.93. The Morgan fingerprint density at radius 2 is 2.10 bits per heavy atom. The highest BCUT2D eigenvalue weighted by molar-refractivity contribution is 7.18. The van der Waals surface area contributed by atoms with Gasteiger partial charge in [-0.05, 0) is 44.2 Å². The van der Waals surface area contributed by atoms with E-state index in [1.807, 2.05) is 19.2 Å². The van der Waals surface area contributed by atoms with Crippen LogP contribution < -0.4 is 15.4 Å². The second kappa shape index (κ2) is 7.10. The number of pyridine rings is 2. The molecule has 0 aliphatic carbocycles. The van der Waals surface area contributed by atoms with Gasteiger partial charge in [-0.25, -0.2) is 9.97 Å². The van der Waals surface area contributed by atoms with Crippen molar-refractivity contribution in [3.05, 3.63) is 44.8 Å². The summed E-state index contributed by atoms with van der Waals surface area (Å²) in [6, 6.07) is 6.72. The molecule has 5 rings (SSSR count). The number of thiazole rings is 1. The molecule has 0 radical (unpaired) electrons. The van der Waals surface area contributed by atoms with Gasteiger partial charge in [0.1, 0.15) is 27.8 Å². The molecule has 0 bridgehead atoms. The van der Waals surface area contributed by atoms with Gasteiger partial charge in [-0.1, -0.05) is 6.07 Å². The van der Waals surface area contributed by atoms with Crippen molar-refractivity contribution >= 4 is 33.2 Å². The predicted octanol–water partition coefficient (Wildman–Crippen LogP) is 2.98. The summed E-state index contributed by atoms with van der Waals surface area (Å²) in [5.41, 5.74) is 2.70. The highest BCUT2D eigenvalue weighted by Gasteiger charge is 2.40. The van der Waals surface area contributed by atoms with Crippen LogP contribution in [0.25, 0.3) is 10.3 Å². The lowest BCUT2D eigenvalue weighted by atomic mass is 9.92. The molecule has 0 spiro atoms. The van der Waals surface area contributed by atoms with Crippen LogP contribution in [0.15, 0.2) is 23.1 Å². The van der Waals surface area contributed by atoms with E-state index < -0.39 is 0 Å². The van der Waals surface area contributed by atoms with Gasteiger partial charge >= 0.3 is 0 Å². The molecule has 3 aromatic rings. The fourth-order valence-electron chi connectivity index (χ4n) is 5.11. The Hall–Kier alpha value is -2.92. The number of fused-ring (bicyclic) bond motifs is 2. The van der Waals surface area contributed by atoms with Crippen molar-refractivity contribution in [3.63, 3.8) is 0 Å². The molecule has 0 aromatic carbocycles. The third kappa shape index (κ3) is 2.80. The van der Waals surface area contributed by atoms with Crippen LogP contribution in [0.5, 0.6) is 0 Å². The highest BCUT2D eigenvalue weighted by Crippen LogP contribution is 2.39. The molecule has 2 aliphatic heterocycles. The number of hydrogen-bond acceptors (Lipinski definition) is 7. The van der Waals surface area contributed by atoms with Gasteiger partial charge in [0.15, 0.2) is 0 Å². The van der Waals surface area contributed by atoms with Crippen LogP contribution in [-0.4, -0.2) is 40.2 Å². The maximum atomic E-state index is 12.9. The lowest BCUT2D eigenvalue weighted by Crippen LogP contribution is -2.47. The van der Waals surface area contributed by atoms with E-state index in [0.717, 1.165) is 59.3 Å². The highest BCUT2D eigenvalue weighted by atomic mass is 32.1. The van der Waals surface area contributed by atoms with Gasteiger partial charge in [0.2, 0.25) is 0 Å². The van der Waals surface area contributed by atoms with E-state index in [9.17, 15) is 10.1 Å². The van der Waals surface area contributed by atoms with Gasteiger partial charge in [-0.2, -0.15) is 5.26 Å². The van der Waals surface area contributed by atoms with Gasteiger partial charge in [-0.15, -0.1) is 11.3 Å². The Morgan fingerprint density at radius 3 is 2.87 bits per heavy atom. The van der Waals surface area contributed by atoms with Crippen LogP contribution in [0.1, 0.15) is 29.0 Å². The maximum Gasteiger partial charge on any atom is 0.271 e. The first-order valence-corrected chi connectivity index (χ1v) is 11.1. The molecule has 3 aromatic heterocycles. The van der Waals surface area contributed by atoms with Crippen molar-refractivity contribution in [2.45, 2.75) is 32.7 Å². The fraction of sp³-hybridized carbons (Fsp3) is 0.455. The standard InChI is InChI=1S/C22H24N6OS/c1-13-5-4-8-24-20(13)28-10-6-15-12-27(9-7-17(15)28)19-16(11-23)21(29)26(3)22-18(19)25-14(2)30-22/h4-5,8,15,17H,6-7,9-10,12H2,1-3H3/t15-,17+/m1/s1. The number of rotatable bonds is 2. The Balaban J connectivity index is 1.52. The largest absolute Gasteiger partial charge is 0.368 e. The third-order valence-corrected chi connectivity index (χ3v) is 7.56. The van der Waals surface area contributed by atoms with E-state index in [4.69, 9.17) is 4.98 Å². The SMILES string of the molecule is Cc1nc2c(N3CC[C@H]4[C@H](CCN4c4ncccc4C)C3)c(C#N)c(=O)n(C)c2s1. The average Bonchev–Trinajstić information content (AvgIpc) is 3.34. The number of aryl methyl sites for hydroxylation is 3. The first-order valence-electron chi connectivity index (χ1n) is 10.3. The van der Waals surface area contributed by atoms with Crippen molar-refractivity contribution in [1.82, 2.24) is 14.5 Å². The average molecular weight is 421 g/mol. The van der Waals surface area contributed by atoms with Crippen molar-refractivity contribution in [2.75, 3.05) is 29.4 Å². The second-order valence-corrected chi connectivity index (χ2v) is 9.46. The first kappa shape index (κ1) is 19.1. The van der Waals surface area contributed by atoms with Crippen LogP contribution in [-0.2, 0) is 7.05 Å². The lowest BCUT2D eigenvalue weighted by molar-refractivity contribution is 0.395. The van der Waals surface area contributed by atoms with Gasteiger partial charge in [0, 0.05) is 38.9 Å². The maximum absolute atomic E-state index is 12.9. The number of hydrogen-bond donors (Lipinski definition) is 0. The quantitative estimate of drug-likeness (QED) is 0.634. The Kier molecular flexibility index (Phi) is 4.51. The van der Waals surface area contributed by atoms with E-state index >= 15 is 0 Å². The van der Waals surface area contributed by atoms with E-state index in [2.05, 4.69) is 33.8 Å². The molecule has 2 fully saturated rings. The number of anilines is 2. The third-order valence-electron chi connectivity index (χ3n) is 6.52. The molecule has 30 heavy (non-hydrogen) atoms. The van der Waals surface area contributed by atoms with Crippen LogP contribution in [0.3, 0.4) is 0 Å². The number of nitrogens with zero attached hydrogens (tertiary/aromatic N) is 6. The molecule has 0 saturated carbocycles. The Bertz CT molecular complexity index is 1240. The van der Waals surface area contributed by atoms with E-state index in [1.165, 1.54) is 16.9 Å². The molecule has 2 atom stereocenters. The molecule has 0 unspecified atom stereocenters. The molecule has 8 heteroatoms. The monoisotopic (exact) mass is 420 g/mol. The number of nitriles is 1. The molecule has 2 aliphatic rings. The number of aromatic nitrogens is 3. The molecule has 2 saturated heterocycles. The molecule has 154 valence electrons. The first-order chi connectivity index (χ1) is 14.5. The normalized spacial score (nSPS) is 21.1. The smallest absolute Gasteiger partial charge is 0.271 e. The zero-order chi connectivity index (χ0) is 21.0. The van der Waals surface area contributed by atoms with Crippen molar-refractivity contribution < 1.29 is 0 Å². The summed E-state index contributed by atoms with van der Waals surface area (Å²) < 4.78 is 1.57. The summed E-state index contributed by atoms with van der Waals surface area (Å²) in [4.78, 5) is 27.7. The molecule has 5 heterocycles. The minimum atomic E-state index is -0.233. The van der Waals surface area contributed by atoms with Gasteiger partial charge in [0.05, 0.1) is 10.7 Å². The second-order valence-electron chi connectivity index (χ2n) is 8.27. The lowest BCUT2D eigenvalue weighted by Gasteiger charge is -2.40. The topological polar surface area (TPSA) is 78.1 Å². The van der Waals surface area contributed by atoms with Crippen LogP contribution in [0.4, 0.5) is 11.5 Å². The molecule has 0 N–H and O–H groups in total. The molecule has 0 amide bonds. The van der Waals surface area contributed by atoms with E-state index in [1.54, 1.807) is 11.6 Å². The molecule has 7 nitrogen and oxygen atoms in total. The zero-order valence-electron chi connectivity index (χ0n) is 17.4. The van der Waals surface area contributed by atoms with Crippen molar-refractivity contribution in [2.24, 2.45) is 13.0 Å². The molecular weight excluding hydrogens is 396 g/mol. The fourth-order valence-corrected chi connectivity index (χ4v) is 5.99. The predicted molar refractivity (Wildman–Crippen MR) is 119 cm³/mol. The van der Waals surface area contributed by atoms with Crippen molar-refractivity contribution in [1.29, 1.82) is 5.26 Å². The zero-order valence-corrected chi connectivity index (χ0v) is 18.2. The van der Waals surface area contributed by atoms with Gasteiger partial charge < -0.3 is 14.4 Å². The minimum absolute atomic E-state index is 0.212. The van der Waals surface area contributed by atoms with Crippen LogP contribution in [0.2, 0.25) is 0 Å². The summed E-state index contributed by atoms with van der Waals surface area (Å²) in [6.45, 7) is 6.69. The Morgan fingerprint density at radius 1 is 1.27 bits per heavy atom. The van der Waals surface area contributed by atoms with Gasteiger partial charge in [-0.3, -0.25) is 4.79 Å². The van der Waals surface area contributed by atoms with Crippen LogP contribution in [0, 0.1) is 31.1 Å². The molecular formula is C22H24N6OS. The summed E-state index contributed by atoms with van der Waals surface area (Å²) in [5.74, 6) is 1.56. The van der Waals surface area contributed by atoms with Crippen LogP contribution >= 0.6 is 11.3 Å². The minimum Gasteiger partial charge on any atom is -0.368 e. The Labute approximate surface area is 179 Å².